The maximum atomic E-state index is 12.9. The van der Waals surface area contributed by atoms with E-state index < -0.39 is 28.3 Å². The molecule has 2 aromatic rings. The summed E-state index contributed by atoms with van der Waals surface area (Å²) in [6.07, 6.45) is -4.67. The van der Waals surface area contributed by atoms with Crippen LogP contribution < -0.4 is 4.72 Å². The fourth-order valence-corrected chi connectivity index (χ4v) is 4.73. The van der Waals surface area contributed by atoms with Gasteiger partial charge in [-0.2, -0.15) is 13.2 Å². The third-order valence-electron chi connectivity index (χ3n) is 3.62. The lowest BCUT2D eigenvalue weighted by Gasteiger charge is -2.21. The average Bonchev–Trinajstić information content (AvgIpc) is 3.04. The van der Waals surface area contributed by atoms with Crippen LogP contribution in [0.2, 0.25) is 0 Å². The quantitative estimate of drug-likeness (QED) is 0.665. The van der Waals surface area contributed by atoms with Crippen molar-refractivity contribution in [3.63, 3.8) is 0 Å². The van der Waals surface area contributed by atoms with Gasteiger partial charge in [-0.15, -0.1) is 11.3 Å². The SMILES string of the molecule is CC1(C)SC(c2nc3cc(C(F)(F)F)c(O)cc3s2)=NC1C(=O)NS. The number of aromatic nitrogens is 1. The molecule has 2 heterocycles. The van der Waals surface area contributed by atoms with E-state index in [-0.39, 0.29) is 11.4 Å². The van der Waals surface area contributed by atoms with Crippen LogP contribution in [0.25, 0.3) is 10.2 Å². The number of alkyl halides is 3. The summed E-state index contributed by atoms with van der Waals surface area (Å²) < 4.78 is 40.8. The third kappa shape index (κ3) is 3.32. The van der Waals surface area contributed by atoms with Crippen molar-refractivity contribution in [2.24, 2.45) is 4.99 Å². The van der Waals surface area contributed by atoms with Crippen LogP contribution in [0, 0.1) is 0 Å². The zero-order chi connectivity index (χ0) is 18.6. The second kappa shape index (κ2) is 6.06. The number of halogens is 3. The molecule has 1 aliphatic heterocycles. The molecule has 0 fully saturated rings. The summed E-state index contributed by atoms with van der Waals surface area (Å²) in [5.74, 6) is -1.21. The van der Waals surface area contributed by atoms with E-state index in [0.717, 1.165) is 23.5 Å². The monoisotopic (exact) mass is 407 g/mol. The molecule has 0 aliphatic carbocycles. The number of rotatable bonds is 2. The van der Waals surface area contributed by atoms with E-state index in [2.05, 4.69) is 27.5 Å². The number of hydrogen-bond donors (Lipinski definition) is 3. The summed E-state index contributed by atoms with van der Waals surface area (Å²) in [6.45, 7) is 3.67. The van der Waals surface area contributed by atoms with Gasteiger partial charge in [0.25, 0.3) is 5.91 Å². The maximum absolute atomic E-state index is 12.9. The number of thiazole rings is 1. The molecule has 1 aromatic carbocycles. The Bertz CT molecular complexity index is 893. The van der Waals surface area contributed by atoms with Gasteiger partial charge in [0.1, 0.15) is 21.8 Å². The van der Waals surface area contributed by atoms with E-state index in [1.54, 1.807) is 0 Å². The maximum Gasteiger partial charge on any atom is 0.420 e. The van der Waals surface area contributed by atoms with Gasteiger partial charge in [0, 0.05) is 4.75 Å². The molecule has 1 aliphatic rings. The zero-order valence-electron chi connectivity index (χ0n) is 12.9. The van der Waals surface area contributed by atoms with Gasteiger partial charge in [-0.25, -0.2) is 4.98 Å². The number of fused-ring (bicyclic) bond motifs is 1. The van der Waals surface area contributed by atoms with Crippen molar-refractivity contribution in [2.75, 3.05) is 0 Å². The van der Waals surface area contributed by atoms with Crippen LogP contribution in [0.5, 0.6) is 5.75 Å². The molecule has 0 saturated carbocycles. The van der Waals surface area contributed by atoms with Gasteiger partial charge in [-0.05, 0) is 26.0 Å². The fourth-order valence-electron chi connectivity index (χ4n) is 2.42. The molecule has 134 valence electrons. The number of phenolic OH excluding ortho intramolecular Hbond substituents is 1. The van der Waals surface area contributed by atoms with Gasteiger partial charge in [0.15, 0.2) is 0 Å². The molecule has 0 spiro atoms. The predicted octanol–water partition coefficient (Wildman–Crippen LogP) is 3.62. The zero-order valence-corrected chi connectivity index (χ0v) is 15.4. The number of phenols is 1. The molecule has 0 radical (unpaired) electrons. The lowest BCUT2D eigenvalue weighted by molar-refractivity contribution is -0.138. The molecule has 0 saturated heterocycles. The standard InChI is InChI=1S/C14H12F3N3O2S3/c1-13(2)9(10(22)20-23)19-12(25-13)11-18-6-3-5(14(15,16)17)7(21)4-8(6)24-11/h3-4,9,21,23H,1-2H3,(H,20,22). The minimum absolute atomic E-state index is 0.119. The van der Waals surface area contributed by atoms with Gasteiger partial charge < -0.3 is 9.83 Å². The summed E-state index contributed by atoms with van der Waals surface area (Å²) in [7, 11) is 0. The number of aliphatic imine (C=N–C) groups is 1. The Kier molecular flexibility index (Phi) is 4.44. The Morgan fingerprint density at radius 1 is 1.40 bits per heavy atom. The molecule has 5 nitrogen and oxygen atoms in total. The normalized spacial score (nSPS) is 19.9. The summed E-state index contributed by atoms with van der Waals surface area (Å²) in [5, 5.41) is 10.5. The summed E-state index contributed by atoms with van der Waals surface area (Å²) in [5.41, 5.74) is -1.01. The third-order valence-corrected chi connectivity index (χ3v) is 6.23. The Morgan fingerprint density at radius 2 is 2.08 bits per heavy atom. The van der Waals surface area contributed by atoms with Gasteiger partial charge >= 0.3 is 6.18 Å². The van der Waals surface area contributed by atoms with E-state index >= 15 is 0 Å². The van der Waals surface area contributed by atoms with Crippen LogP contribution in [0.15, 0.2) is 17.1 Å². The molecule has 1 atom stereocenters. The molecule has 1 amide bonds. The van der Waals surface area contributed by atoms with Crippen molar-refractivity contribution in [1.29, 1.82) is 0 Å². The van der Waals surface area contributed by atoms with E-state index in [9.17, 15) is 23.1 Å². The topological polar surface area (TPSA) is 74.6 Å². The first-order valence-corrected chi connectivity index (χ1v) is 9.03. The van der Waals surface area contributed by atoms with Crippen molar-refractivity contribution < 1.29 is 23.1 Å². The van der Waals surface area contributed by atoms with Gasteiger partial charge in [0.05, 0.1) is 15.8 Å². The summed E-state index contributed by atoms with van der Waals surface area (Å²) >= 11 is 6.18. The molecule has 11 heteroatoms. The second-order valence-electron chi connectivity index (χ2n) is 5.87. The fraction of sp³-hybridized carbons (Fsp3) is 0.357. The largest absolute Gasteiger partial charge is 0.507 e. The molecule has 1 unspecified atom stereocenters. The van der Waals surface area contributed by atoms with Crippen LogP contribution in [-0.4, -0.2) is 31.8 Å². The van der Waals surface area contributed by atoms with E-state index in [0.29, 0.717) is 14.8 Å². The van der Waals surface area contributed by atoms with E-state index in [1.165, 1.54) is 11.8 Å². The number of carbonyl (C=O) groups is 1. The number of aromatic hydroxyl groups is 1. The Balaban J connectivity index is 2.04. The number of thiol groups is 1. The molecule has 0 bridgehead atoms. The number of nitrogens with zero attached hydrogens (tertiary/aromatic N) is 2. The summed E-state index contributed by atoms with van der Waals surface area (Å²) in [6, 6.07) is 1.17. The Labute approximate surface area is 154 Å². The van der Waals surface area contributed by atoms with Crippen LogP contribution in [0.3, 0.4) is 0 Å². The number of hydrogen-bond acceptors (Lipinski definition) is 7. The highest BCUT2D eigenvalue weighted by molar-refractivity contribution is 8.16. The first-order chi connectivity index (χ1) is 11.5. The van der Waals surface area contributed by atoms with Crippen molar-refractivity contribution in [2.45, 2.75) is 30.8 Å². The van der Waals surface area contributed by atoms with Crippen LogP contribution in [0.4, 0.5) is 13.2 Å². The highest BCUT2D eigenvalue weighted by Crippen LogP contribution is 2.43. The van der Waals surface area contributed by atoms with Crippen molar-refractivity contribution >= 4 is 57.1 Å². The van der Waals surface area contributed by atoms with Crippen LogP contribution in [-0.2, 0) is 11.0 Å². The highest BCUT2D eigenvalue weighted by Gasteiger charge is 2.43. The smallest absolute Gasteiger partial charge is 0.420 e. The predicted molar refractivity (Wildman–Crippen MR) is 95.4 cm³/mol. The number of nitrogens with one attached hydrogen (secondary N) is 1. The lowest BCUT2D eigenvalue weighted by Crippen LogP contribution is -2.39. The molecular weight excluding hydrogens is 395 g/mol. The second-order valence-corrected chi connectivity index (χ2v) is 8.77. The molecule has 1 aromatic heterocycles. The number of benzene rings is 1. The Hall–Kier alpha value is -1.46. The first-order valence-electron chi connectivity index (χ1n) is 6.95. The van der Waals surface area contributed by atoms with Crippen LogP contribution >= 0.6 is 35.9 Å². The lowest BCUT2D eigenvalue weighted by atomic mass is 10.0. The van der Waals surface area contributed by atoms with Crippen molar-refractivity contribution in [3.8, 4) is 5.75 Å². The molecule has 3 rings (SSSR count). The van der Waals surface area contributed by atoms with Crippen molar-refractivity contribution in [3.05, 3.63) is 22.7 Å². The average molecular weight is 407 g/mol. The van der Waals surface area contributed by atoms with Gasteiger partial charge in [0.2, 0.25) is 0 Å². The molecule has 25 heavy (non-hydrogen) atoms. The number of amides is 1. The van der Waals surface area contributed by atoms with E-state index in [4.69, 9.17) is 0 Å². The molecule has 2 N–H and O–H groups in total. The highest BCUT2D eigenvalue weighted by atomic mass is 32.2. The van der Waals surface area contributed by atoms with Crippen molar-refractivity contribution in [1.82, 2.24) is 9.71 Å². The molecular formula is C14H12F3N3O2S3. The first kappa shape index (κ1) is 18.3. The van der Waals surface area contributed by atoms with Gasteiger partial charge in [-0.3, -0.25) is 9.79 Å². The van der Waals surface area contributed by atoms with E-state index in [1.807, 2.05) is 13.8 Å². The summed E-state index contributed by atoms with van der Waals surface area (Å²) in [4.78, 5) is 20.4. The van der Waals surface area contributed by atoms with Crippen LogP contribution in [0.1, 0.15) is 24.4 Å². The number of carbonyl (C=O) groups excluding carboxylic acids is 1. The minimum atomic E-state index is -4.67. The minimum Gasteiger partial charge on any atom is -0.507 e. The number of thioether (sulfide) groups is 1. The van der Waals surface area contributed by atoms with Gasteiger partial charge in [-0.1, -0.05) is 24.6 Å². The Morgan fingerprint density at radius 3 is 2.68 bits per heavy atom.